The van der Waals surface area contributed by atoms with E-state index in [1.165, 1.54) is 11.5 Å². The molecule has 0 bridgehead atoms. The van der Waals surface area contributed by atoms with Crippen molar-refractivity contribution in [3.05, 3.63) is 0 Å². The molecule has 1 heterocycles. The molecule has 0 saturated carbocycles. The molecule has 78 valence electrons. The van der Waals surface area contributed by atoms with Crippen molar-refractivity contribution >= 4 is 73.2 Å². The summed E-state index contributed by atoms with van der Waals surface area (Å²) in [6.07, 6.45) is 0. The summed E-state index contributed by atoms with van der Waals surface area (Å²) in [5.74, 6) is 5.40. The second kappa shape index (κ2) is 6.63. The molecule has 13 heavy (non-hydrogen) atoms. The van der Waals surface area contributed by atoms with Gasteiger partial charge < -0.3 is 0 Å². The average molecular weight is 291 g/mol. The van der Waals surface area contributed by atoms with Gasteiger partial charge in [-0.05, 0) is 0 Å². The van der Waals surface area contributed by atoms with E-state index in [4.69, 9.17) is 0 Å². The average Bonchev–Trinajstić information content (AvgIpc) is 2.63. The molecule has 0 aliphatic carbocycles. The fraction of sp³-hybridized carbons (Fsp3) is 1.00. The lowest BCUT2D eigenvalue weighted by Crippen LogP contribution is -2.18. The van der Waals surface area contributed by atoms with Crippen LogP contribution in [0.15, 0.2) is 0 Å². The second-order valence-corrected chi connectivity index (χ2v) is 8.98. The van der Waals surface area contributed by atoms with E-state index in [0.29, 0.717) is 8.66 Å². The summed E-state index contributed by atoms with van der Waals surface area (Å²) in [6.45, 7) is 0. The summed E-state index contributed by atoms with van der Waals surface area (Å²) in [6, 6.07) is 0. The minimum atomic E-state index is 0.299. The Morgan fingerprint density at radius 2 is 1.92 bits per heavy atom. The van der Waals surface area contributed by atoms with E-state index in [0.717, 1.165) is 17.3 Å². The van der Waals surface area contributed by atoms with Gasteiger partial charge in [0.15, 0.2) is 0 Å². The van der Waals surface area contributed by atoms with Crippen LogP contribution < -0.4 is 0 Å². The van der Waals surface area contributed by atoms with Crippen LogP contribution in [0.5, 0.6) is 0 Å². The molecule has 0 N–H and O–H groups in total. The highest BCUT2D eigenvalue weighted by Crippen LogP contribution is 2.52. The van der Waals surface area contributed by atoms with Gasteiger partial charge in [0, 0.05) is 34.0 Å². The van der Waals surface area contributed by atoms with Gasteiger partial charge in [0.05, 0.1) is 0 Å². The van der Waals surface area contributed by atoms with Crippen molar-refractivity contribution < 1.29 is 0 Å². The van der Waals surface area contributed by atoms with Crippen molar-refractivity contribution in [2.45, 2.75) is 8.66 Å². The fourth-order valence-electron chi connectivity index (χ4n) is 0.932. The van der Waals surface area contributed by atoms with Crippen LogP contribution in [0.4, 0.5) is 0 Å². The Balaban J connectivity index is 2.31. The second-order valence-electron chi connectivity index (χ2n) is 2.69. The van der Waals surface area contributed by atoms with Crippen molar-refractivity contribution in [1.82, 2.24) is 0 Å². The SMILES string of the molecule is SCC(S)CSC1(CS)SCCS1. The van der Waals surface area contributed by atoms with E-state index < -0.39 is 0 Å². The standard InChI is InChI=1S/C7H14S6/c8-3-6(10)4-13-7(5-9)11-1-2-12-7/h6,8-10H,1-5H2. The highest BCUT2D eigenvalue weighted by molar-refractivity contribution is 8.36. The summed E-state index contributed by atoms with van der Waals surface area (Å²) in [7, 11) is 0. The van der Waals surface area contributed by atoms with Gasteiger partial charge in [0.25, 0.3) is 0 Å². The van der Waals surface area contributed by atoms with Gasteiger partial charge in [-0.3, -0.25) is 0 Å². The molecule has 1 aliphatic heterocycles. The Morgan fingerprint density at radius 3 is 2.38 bits per heavy atom. The van der Waals surface area contributed by atoms with Crippen molar-refractivity contribution in [1.29, 1.82) is 0 Å². The smallest absolute Gasteiger partial charge is 0.115 e. The Morgan fingerprint density at radius 1 is 1.31 bits per heavy atom. The van der Waals surface area contributed by atoms with Gasteiger partial charge in [-0.1, -0.05) is 0 Å². The summed E-state index contributed by atoms with van der Waals surface area (Å²) >= 11 is 19.1. The van der Waals surface area contributed by atoms with E-state index in [1.54, 1.807) is 0 Å². The van der Waals surface area contributed by atoms with Crippen molar-refractivity contribution in [2.75, 3.05) is 28.8 Å². The zero-order valence-electron chi connectivity index (χ0n) is 7.18. The fourth-order valence-corrected chi connectivity index (χ4v) is 6.82. The van der Waals surface area contributed by atoms with E-state index >= 15 is 0 Å². The molecule has 1 fully saturated rings. The molecular formula is C7H14S6. The van der Waals surface area contributed by atoms with Gasteiger partial charge >= 0.3 is 0 Å². The Bertz CT molecular complexity index is 144. The first-order valence-electron chi connectivity index (χ1n) is 4.04. The maximum absolute atomic E-state index is 4.44. The number of hydrogen-bond acceptors (Lipinski definition) is 6. The van der Waals surface area contributed by atoms with E-state index in [2.05, 4.69) is 37.9 Å². The summed E-state index contributed by atoms with van der Waals surface area (Å²) in [5, 5.41) is 0.409. The molecule has 1 atom stereocenters. The molecule has 1 rings (SSSR count). The zero-order valence-corrected chi connectivity index (χ0v) is 12.3. The van der Waals surface area contributed by atoms with Gasteiger partial charge in [0.2, 0.25) is 0 Å². The van der Waals surface area contributed by atoms with E-state index in [9.17, 15) is 0 Å². The van der Waals surface area contributed by atoms with Crippen LogP contribution >= 0.6 is 73.2 Å². The molecule has 1 aliphatic rings. The first kappa shape index (κ1) is 13.2. The third-order valence-corrected chi connectivity index (χ3v) is 9.60. The number of rotatable bonds is 5. The first-order chi connectivity index (χ1) is 6.22. The zero-order chi connectivity index (χ0) is 9.73. The number of thioether (sulfide) groups is 3. The molecule has 0 radical (unpaired) electrons. The molecule has 0 aromatic heterocycles. The van der Waals surface area contributed by atoms with E-state index in [1.807, 2.05) is 35.3 Å². The molecule has 0 amide bonds. The van der Waals surface area contributed by atoms with E-state index in [-0.39, 0.29) is 0 Å². The minimum absolute atomic E-state index is 0.299. The number of thiol groups is 3. The van der Waals surface area contributed by atoms with Crippen LogP contribution in [0.1, 0.15) is 0 Å². The lowest BCUT2D eigenvalue weighted by molar-refractivity contribution is 1.16. The van der Waals surface area contributed by atoms with Crippen LogP contribution in [0.3, 0.4) is 0 Å². The van der Waals surface area contributed by atoms with Crippen LogP contribution in [-0.4, -0.2) is 37.4 Å². The molecule has 0 spiro atoms. The summed E-state index contributed by atoms with van der Waals surface area (Å²) in [5.41, 5.74) is 0. The van der Waals surface area contributed by atoms with Crippen LogP contribution in [0.2, 0.25) is 0 Å². The minimum Gasteiger partial charge on any atom is -0.178 e. The van der Waals surface area contributed by atoms with Gasteiger partial charge in [0.1, 0.15) is 3.41 Å². The molecule has 1 unspecified atom stereocenters. The topological polar surface area (TPSA) is 0 Å². The molecule has 0 nitrogen and oxygen atoms in total. The molecule has 6 heteroatoms. The third kappa shape index (κ3) is 4.23. The summed E-state index contributed by atoms with van der Waals surface area (Å²) < 4.78 is 0.299. The highest BCUT2D eigenvalue weighted by Gasteiger charge is 2.34. The van der Waals surface area contributed by atoms with Crippen LogP contribution in [0.25, 0.3) is 0 Å². The Kier molecular flexibility index (Phi) is 6.72. The molecule has 1 saturated heterocycles. The highest BCUT2D eigenvalue weighted by atomic mass is 32.3. The van der Waals surface area contributed by atoms with Crippen LogP contribution in [-0.2, 0) is 0 Å². The lowest BCUT2D eigenvalue weighted by atomic mass is 10.6. The molecule has 0 aromatic rings. The Labute approximate surface area is 110 Å². The maximum atomic E-state index is 4.44. The third-order valence-electron chi connectivity index (χ3n) is 1.63. The van der Waals surface area contributed by atoms with Crippen molar-refractivity contribution in [3.8, 4) is 0 Å². The predicted octanol–water partition coefficient (Wildman–Crippen LogP) is 3.01. The normalized spacial score (nSPS) is 23.3. The monoisotopic (exact) mass is 290 g/mol. The quantitative estimate of drug-likeness (QED) is 0.667. The molecule has 0 aromatic carbocycles. The molecular weight excluding hydrogens is 276 g/mol. The Hall–Kier alpha value is 2.10. The van der Waals surface area contributed by atoms with Gasteiger partial charge in [-0.15, -0.1) is 35.3 Å². The predicted molar refractivity (Wildman–Crippen MR) is 80.6 cm³/mol. The summed E-state index contributed by atoms with van der Waals surface area (Å²) in [4.78, 5) is 0. The lowest BCUT2D eigenvalue weighted by Gasteiger charge is -2.25. The number of hydrogen-bond donors (Lipinski definition) is 3. The largest absolute Gasteiger partial charge is 0.178 e. The van der Waals surface area contributed by atoms with Gasteiger partial charge in [-0.25, -0.2) is 0 Å². The van der Waals surface area contributed by atoms with Crippen molar-refractivity contribution in [3.63, 3.8) is 0 Å². The maximum Gasteiger partial charge on any atom is 0.115 e. The first-order valence-corrected chi connectivity index (χ1v) is 8.78. The van der Waals surface area contributed by atoms with Crippen molar-refractivity contribution in [2.24, 2.45) is 0 Å². The van der Waals surface area contributed by atoms with Crippen LogP contribution in [0, 0.1) is 0 Å². The van der Waals surface area contributed by atoms with Gasteiger partial charge in [-0.2, -0.15) is 37.9 Å².